The maximum atomic E-state index is 5.64. The van der Waals surface area contributed by atoms with Gasteiger partial charge in [-0.1, -0.05) is 40.2 Å². The molecule has 0 fully saturated rings. The molecule has 0 saturated carbocycles. The third-order valence-electron chi connectivity index (χ3n) is 3.12. The molecule has 3 aromatic rings. The zero-order valence-electron chi connectivity index (χ0n) is 12.1. The molecule has 1 aromatic heterocycles. The number of ether oxygens (including phenoxy) is 1. The van der Waals surface area contributed by atoms with E-state index < -0.39 is 0 Å². The first-order valence-electron chi connectivity index (χ1n) is 6.85. The summed E-state index contributed by atoms with van der Waals surface area (Å²) in [4.78, 5) is 11.7. The summed E-state index contributed by atoms with van der Waals surface area (Å²) in [6.45, 7) is 0.175. The number of nitrogens with zero attached hydrogens (tertiary/aromatic N) is 3. The average molecular weight is 372 g/mol. The van der Waals surface area contributed by atoms with Gasteiger partial charge in [0.05, 0.1) is 0 Å². The molecular weight excluding hydrogens is 358 g/mol. The molecule has 0 amide bonds. The lowest BCUT2D eigenvalue weighted by Crippen LogP contribution is -2.09. The highest BCUT2D eigenvalue weighted by Gasteiger charge is 2.04. The first kappa shape index (κ1) is 15.2. The van der Waals surface area contributed by atoms with Crippen molar-refractivity contribution in [2.45, 2.75) is 6.61 Å². The number of aromatic nitrogens is 3. The topological polar surface area (TPSA) is 99.9 Å². The molecule has 0 atom stereocenters. The van der Waals surface area contributed by atoms with E-state index in [1.165, 1.54) is 0 Å². The first-order valence-corrected chi connectivity index (χ1v) is 7.64. The predicted molar refractivity (Wildman–Crippen MR) is 92.6 cm³/mol. The van der Waals surface area contributed by atoms with Gasteiger partial charge >= 0.3 is 0 Å². The number of benzene rings is 2. The molecule has 0 radical (unpaired) electrons. The van der Waals surface area contributed by atoms with Gasteiger partial charge in [0, 0.05) is 4.47 Å². The second-order valence-electron chi connectivity index (χ2n) is 4.79. The van der Waals surface area contributed by atoms with Crippen molar-refractivity contribution in [2.24, 2.45) is 0 Å². The Morgan fingerprint density at radius 1 is 0.783 bits per heavy atom. The van der Waals surface area contributed by atoms with Crippen LogP contribution in [0.2, 0.25) is 0 Å². The lowest BCUT2D eigenvalue weighted by Gasteiger charge is -2.07. The van der Waals surface area contributed by atoms with Crippen LogP contribution in [0.3, 0.4) is 0 Å². The summed E-state index contributed by atoms with van der Waals surface area (Å²) in [5.41, 5.74) is 13.3. The molecule has 0 aliphatic rings. The number of nitrogen functional groups attached to an aromatic ring is 2. The molecule has 0 unspecified atom stereocenters. The van der Waals surface area contributed by atoms with Crippen LogP contribution in [0.15, 0.2) is 53.0 Å². The average Bonchev–Trinajstić information content (AvgIpc) is 2.53. The van der Waals surface area contributed by atoms with Crippen LogP contribution in [0.1, 0.15) is 5.82 Å². The second kappa shape index (κ2) is 6.62. The van der Waals surface area contributed by atoms with Crippen molar-refractivity contribution in [1.29, 1.82) is 0 Å². The monoisotopic (exact) mass is 371 g/mol. The summed E-state index contributed by atoms with van der Waals surface area (Å²) in [5, 5.41) is 0. The van der Waals surface area contributed by atoms with Crippen LogP contribution in [0, 0.1) is 0 Å². The van der Waals surface area contributed by atoms with Crippen LogP contribution in [0.5, 0.6) is 5.75 Å². The summed E-state index contributed by atoms with van der Waals surface area (Å²) in [5.74, 6) is 1.28. The van der Waals surface area contributed by atoms with Gasteiger partial charge in [0.1, 0.15) is 12.4 Å². The summed E-state index contributed by atoms with van der Waals surface area (Å²) >= 11 is 3.43. The Hall–Kier alpha value is -2.67. The van der Waals surface area contributed by atoms with Crippen molar-refractivity contribution in [3.05, 3.63) is 58.8 Å². The third kappa shape index (κ3) is 3.95. The molecule has 7 heteroatoms. The molecule has 6 nitrogen and oxygen atoms in total. The number of hydrogen-bond acceptors (Lipinski definition) is 6. The number of halogens is 1. The van der Waals surface area contributed by atoms with Crippen LogP contribution in [-0.2, 0) is 6.61 Å². The Kier molecular flexibility index (Phi) is 4.38. The molecule has 0 spiro atoms. The van der Waals surface area contributed by atoms with Gasteiger partial charge in [-0.15, -0.1) is 0 Å². The van der Waals surface area contributed by atoms with E-state index >= 15 is 0 Å². The van der Waals surface area contributed by atoms with Crippen LogP contribution in [-0.4, -0.2) is 15.0 Å². The largest absolute Gasteiger partial charge is 0.486 e. The number of nitrogens with two attached hydrogens (primary N) is 2. The predicted octanol–water partition coefficient (Wildman–Crippen LogP) is 3.04. The fraction of sp³-hybridized carbons (Fsp3) is 0.0625. The molecule has 2 aromatic carbocycles. The lowest BCUT2D eigenvalue weighted by atomic mass is 10.1. The fourth-order valence-corrected chi connectivity index (χ4v) is 2.32. The van der Waals surface area contributed by atoms with E-state index in [2.05, 4.69) is 43.0 Å². The molecule has 0 bridgehead atoms. The summed E-state index contributed by atoms with van der Waals surface area (Å²) in [7, 11) is 0. The maximum absolute atomic E-state index is 5.64. The van der Waals surface area contributed by atoms with E-state index in [1.54, 1.807) is 0 Å². The van der Waals surface area contributed by atoms with E-state index in [9.17, 15) is 0 Å². The normalized spacial score (nSPS) is 10.5. The van der Waals surface area contributed by atoms with Crippen LogP contribution >= 0.6 is 15.9 Å². The van der Waals surface area contributed by atoms with Gasteiger partial charge in [0.2, 0.25) is 11.9 Å². The molecule has 116 valence electrons. The minimum atomic E-state index is 0.0849. The maximum Gasteiger partial charge on any atom is 0.225 e. The quantitative estimate of drug-likeness (QED) is 0.730. The van der Waals surface area contributed by atoms with Crippen molar-refractivity contribution >= 4 is 27.8 Å². The zero-order chi connectivity index (χ0) is 16.2. The number of hydrogen-bond donors (Lipinski definition) is 2. The van der Waals surface area contributed by atoms with Crippen molar-refractivity contribution in [1.82, 2.24) is 15.0 Å². The molecule has 0 aliphatic heterocycles. The van der Waals surface area contributed by atoms with Crippen LogP contribution in [0.25, 0.3) is 11.1 Å². The molecule has 0 saturated heterocycles. The standard InChI is InChI=1S/C16H14BrN5O/c17-12-5-1-10(2-6-12)11-3-7-13(8-4-11)23-9-14-20-15(18)22-16(19)21-14/h1-8H,9H2,(H4,18,19,20,21,22). The van der Waals surface area contributed by atoms with Gasteiger partial charge in [-0.05, 0) is 35.4 Å². The van der Waals surface area contributed by atoms with Gasteiger partial charge in [-0.2, -0.15) is 15.0 Å². The fourth-order valence-electron chi connectivity index (χ4n) is 2.06. The minimum Gasteiger partial charge on any atom is -0.486 e. The molecule has 23 heavy (non-hydrogen) atoms. The van der Waals surface area contributed by atoms with Crippen LogP contribution in [0.4, 0.5) is 11.9 Å². The Balaban J connectivity index is 1.69. The summed E-state index contributed by atoms with van der Waals surface area (Å²) in [6.07, 6.45) is 0. The lowest BCUT2D eigenvalue weighted by molar-refractivity contribution is 0.296. The SMILES string of the molecule is Nc1nc(N)nc(COc2ccc(-c3ccc(Br)cc3)cc2)n1. The van der Waals surface area contributed by atoms with Crippen molar-refractivity contribution in [3.8, 4) is 16.9 Å². The Morgan fingerprint density at radius 3 is 1.87 bits per heavy atom. The Morgan fingerprint density at radius 2 is 1.30 bits per heavy atom. The van der Waals surface area contributed by atoms with Crippen LogP contribution < -0.4 is 16.2 Å². The highest BCUT2D eigenvalue weighted by Crippen LogP contribution is 2.24. The van der Waals surface area contributed by atoms with Gasteiger partial charge in [0.15, 0.2) is 5.82 Å². The molecule has 4 N–H and O–H groups in total. The zero-order valence-corrected chi connectivity index (χ0v) is 13.7. The first-order chi connectivity index (χ1) is 11.1. The smallest absolute Gasteiger partial charge is 0.225 e. The highest BCUT2D eigenvalue weighted by molar-refractivity contribution is 9.10. The number of rotatable bonds is 4. The summed E-state index contributed by atoms with van der Waals surface area (Å²) in [6, 6.07) is 15.9. The van der Waals surface area contributed by atoms with Crippen molar-refractivity contribution < 1.29 is 4.74 Å². The third-order valence-corrected chi connectivity index (χ3v) is 3.64. The van der Waals surface area contributed by atoms with E-state index in [4.69, 9.17) is 16.2 Å². The molecule has 0 aliphatic carbocycles. The van der Waals surface area contributed by atoms with E-state index in [1.807, 2.05) is 36.4 Å². The van der Waals surface area contributed by atoms with Gasteiger partial charge in [0.25, 0.3) is 0 Å². The Bertz CT molecular complexity index is 785. The minimum absolute atomic E-state index is 0.0849. The van der Waals surface area contributed by atoms with E-state index in [0.717, 1.165) is 15.6 Å². The van der Waals surface area contributed by atoms with Crippen molar-refractivity contribution in [2.75, 3.05) is 11.5 Å². The summed E-state index contributed by atoms with van der Waals surface area (Å²) < 4.78 is 6.69. The van der Waals surface area contributed by atoms with E-state index in [0.29, 0.717) is 11.6 Å². The highest BCUT2D eigenvalue weighted by atomic mass is 79.9. The molecule has 1 heterocycles. The Labute approximate surface area is 141 Å². The van der Waals surface area contributed by atoms with Crippen molar-refractivity contribution in [3.63, 3.8) is 0 Å². The molecular formula is C16H14BrN5O. The second-order valence-corrected chi connectivity index (χ2v) is 5.70. The van der Waals surface area contributed by atoms with Gasteiger partial charge < -0.3 is 16.2 Å². The number of anilines is 2. The van der Waals surface area contributed by atoms with Gasteiger partial charge in [-0.25, -0.2) is 0 Å². The van der Waals surface area contributed by atoms with Gasteiger partial charge in [-0.3, -0.25) is 0 Å². The molecule has 3 rings (SSSR count). The van der Waals surface area contributed by atoms with E-state index in [-0.39, 0.29) is 18.5 Å².